The summed E-state index contributed by atoms with van der Waals surface area (Å²) in [6.07, 6.45) is 1.22. The van der Waals surface area contributed by atoms with Gasteiger partial charge in [-0.05, 0) is 0 Å². The van der Waals surface area contributed by atoms with Crippen LogP contribution in [0.15, 0.2) is 0 Å². The van der Waals surface area contributed by atoms with Crippen LogP contribution in [0.4, 0.5) is 0 Å². The quantitative estimate of drug-likeness (QED) is 0.442. The van der Waals surface area contributed by atoms with Crippen molar-refractivity contribution in [3.63, 3.8) is 0 Å². The van der Waals surface area contributed by atoms with Crippen LogP contribution in [0.25, 0.3) is 0 Å². The molecule has 0 fully saturated rings. The predicted molar refractivity (Wildman–Crippen MR) is 25.7 cm³/mol. The van der Waals surface area contributed by atoms with Gasteiger partial charge in [-0.3, -0.25) is 0 Å². The molecule has 0 aliphatic carbocycles. The first-order valence-corrected chi connectivity index (χ1v) is 3.12. The van der Waals surface area contributed by atoms with Crippen molar-refractivity contribution in [1.82, 2.24) is 0 Å². The fourth-order valence-corrected chi connectivity index (χ4v) is 0.795. The van der Waals surface area contributed by atoms with E-state index >= 15 is 0 Å². The summed E-state index contributed by atoms with van der Waals surface area (Å²) in [6, 6.07) is 2.20. The van der Waals surface area contributed by atoms with Gasteiger partial charge in [0.25, 0.3) is 0 Å². The molecule has 0 saturated heterocycles. The Kier molecular flexibility index (Phi) is 4.82. The second-order valence-electron chi connectivity index (χ2n) is 0.854. The van der Waals surface area contributed by atoms with E-state index in [4.69, 9.17) is 0 Å². The molecule has 5 heavy (non-hydrogen) atoms. The van der Waals surface area contributed by atoms with E-state index in [9.17, 15) is 0 Å². The van der Waals surface area contributed by atoms with Gasteiger partial charge in [-0.25, -0.2) is 0 Å². The maximum atomic E-state index is 3.32. The van der Waals surface area contributed by atoms with E-state index in [0.29, 0.717) is 0 Å². The van der Waals surface area contributed by atoms with Crippen molar-refractivity contribution in [2.75, 3.05) is 0 Å². The van der Waals surface area contributed by atoms with Gasteiger partial charge in [-0.2, -0.15) is 0 Å². The largest absolute Gasteiger partial charge is 0.0641 e. The lowest BCUT2D eigenvalue weighted by Gasteiger charge is -1.78. The molecule has 0 nitrogen and oxygen atoms in total. The Morgan fingerprint density at radius 3 is 1.40 bits per heavy atom. The summed E-state index contributed by atoms with van der Waals surface area (Å²) < 4.78 is 0. The molecular formula is C3H6Si2. The van der Waals surface area contributed by atoms with Gasteiger partial charge in [0.05, 0.1) is 0 Å². The molecule has 0 spiro atoms. The van der Waals surface area contributed by atoms with Crippen LogP contribution < -0.4 is 0 Å². The molecule has 0 heterocycles. The van der Waals surface area contributed by atoms with Gasteiger partial charge in [0.2, 0.25) is 0 Å². The third-order valence-corrected chi connectivity index (χ3v) is 1.06. The van der Waals surface area contributed by atoms with Crippen LogP contribution in [0.2, 0.25) is 12.1 Å². The Balaban J connectivity index is 2.19. The number of rotatable bonds is 2. The van der Waals surface area contributed by atoms with Crippen molar-refractivity contribution in [2.24, 2.45) is 0 Å². The van der Waals surface area contributed by atoms with Gasteiger partial charge in [-0.1, -0.05) is 18.5 Å². The molecule has 0 aromatic carbocycles. The van der Waals surface area contributed by atoms with E-state index in [1.807, 2.05) is 0 Å². The molecule has 0 rings (SSSR count). The van der Waals surface area contributed by atoms with Crippen molar-refractivity contribution in [3.05, 3.63) is 0 Å². The standard InChI is InChI=1S/C3H6Si2/c4-2-1-3-5/h1-3H2. The number of hydrogen-bond acceptors (Lipinski definition) is 0. The molecule has 0 aromatic heterocycles. The zero-order valence-electron chi connectivity index (χ0n) is 3.12. The van der Waals surface area contributed by atoms with Gasteiger partial charge in [0.1, 0.15) is 0 Å². The van der Waals surface area contributed by atoms with Crippen LogP contribution in [-0.4, -0.2) is 20.5 Å². The molecule has 26 valence electrons. The van der Waals surface area contributed by atoms with Gasteiger partial charge >= 0.3 is 0 Å². The maximum Gasteiger partial charge on any atom is 0.0222 e. The lowest BCUT2D eigenvalue weighted by Crippen LogP contribution is -1.67. The van der Waals surface area contributed by atoms with Crippen molar-refractivity contribution >= 4 is 20.5 Å². The Morgan fingerprint density at radius 1 is 1.00 bits per heavy atom. The van der Waals surface area contributed by atoms with Crippen molar-refractivity contribution < 1.29 is 0 Å². The fourth-order valence-electron chi connectivity index (χ4n) is 0.0884. The van der Waals surface area contributed by atoms with E-state index in [1.165, 1.54) is 6.42 Å². The van der Waals surface area contributed by atoms with E-state index in [-0.39, 0.29) is 0 Å². The second kappa shape index (κ2) is 4.43. The third kappa shape index (κ3) is 4.43. The molecule has 0 saturated carbocycles. The highest BCUT2D eigenvalue weighted by Gasteiger charge is 1.69. The van der Waals surface area contributed by atoms with Crippen molar-refractivity contribution in [2.45, 2.75) is 18.5 Å². The third-order valence-electron chi connectivity index (χ3n) is 0.354. The zero-order chi connectivity index (χ0) is 4.12. The second-order valence-corrected chi connectivity index (χ2v) is 1.85. The molecule has 0 N–H and O–H groups in total. The Labute approximate surface area is 39.8 Å². The normalized spacial score (nSPS) is 8.40. The lowest BCUT2D eigenvalue weighted by atomic mass is 10.6. The van der Waals surface area contributed by atoms with Gasteiger partial charge in [0, 0.05) is 20.5 Å². The van der Waals surface area contributed by atoms with Gasteiger partial charge < -0.3 is 0 Å². The van der Waals surface area contributed by atoms with E-state index in [1.54, 1.807) is 0 Å². The highest BCUT2D eigenvalue weighted by molar-refractivity contribution is 6.11. The van der Waals surface area contributed by atoms with Crippen LogP contribution in [-0.2, 0) is 0 Å². The first-order valence-electron chi connectivity index (χ1n) is 1.71. The summed E-state index contributed by atoms with van der Waals surface area (Å²) in [6.45, 7) is 0. The Bertz CT molecular complexity index is 12.4. The molecule has 6 radical (unpaired) electrons. The van der Waals surface area contributed by atoms with E-state index in [0.717, 1.165) is 12.1 Å². The Hall–Kier alpha value is 0.434. The van der Waals surface area contributed by atoms with Crippen LogP contribution in [0.1, 0.15) is 6.42 Å². The highest BCUT2D eigenvalue weighted by atomic mass is 28.1. The van der Waals surface area contributed by atoms with Crippen LogP contribution in [0.3, 0.4) is 0 Å². The Morgan fingerprint density at radius 2 is 1.40 bits per heavy atom. The summed E-state index contributed by atoms with van der Waals surface area (Å²) in [5, 5.41) is 0. The van der Waals surface area contributed by atoms with Crippen LogP contribution in [0, 0.1) is 0 Å². The van der Waals surface area contributed by atoms with Crippen LogP contribution in [0.5, 0.6) is 0 Å². The van der Waals surface area contributed by atoms with E-state index in [2.05, 4.69) is 20.5 Å². The smallest absolute Gasteiger partial charge is 0.0222 e. The monoisotopic (exact) mass is 98.0 g/mol. The molecule has 0 amide bonds. The molecule has 2 heteroatoms. The topological polar surface area (TPSA) is 0 Å². The summed E-state index contributed by atoms with van der Waals surface area (Å²) in [7, 11) is 6.64. The van der Waals surface area contributed by atoms with E-state index < -0.39 is 0 Å². The minimum absolute atomic E-state index is 1.10. The predicted octanol–water partition coefficient (Wildman–Crippen LogP) is 0.550. The first kappa shape index (κ1) is 5.43. The van der Waals surface area contributed by atoms with Crippen molar-refractivity contribution in [3.8, 4) is 0 Å². The molecule has 0 aliphatic rings. The maximum absolute atomic E-state index is 3.32. The average Bonchev–Trinajstić information content (AvgIpc) is 1.41. The minimum Gasteiger partial charge on any atom is -0.0641 e. The lowest BCUT2D eigenvalue weighted by molar-refractivity contribution is 1.08. The molecule has 0 aromatic rings. The van der Waals surface area contributed by atoms with Crippen LogP contribution >= 0.6 is 0 Å². The highest BCUT2D eigenvalue weighted by Crippen LogP contribution is 1.84. The summed E-state index contributed by atoms with van der Waals surface area (Å²) in [4.78, 5) is 0. The molecule has 0 aliphatic heterocycles. The molecule has 0 bridgehead atoms. The van der Waals surface area contributed by atoms with Crippen molar-refractivity contribution in [1.29, 1.82) is 0 Å². The minimum atomic E-state index is 1.10. The van der Waals surface area contributed by atoms with Gasteiger partial charge in [0.15, 0.2) is 0 Å². The zero-order valence-corrected chi connectivity index (χ0v) is 5.12. The first-order chi connectivity index (χ1) is 2.41. The number of hydrogen-bond donors (Lipinski definition) is 0. The average molecular weight is 98.3 g/mol. The summed E-state index contributed by atoms with van der Waals surface area (Å²) >= 11 is 0. The fraction of sp³-hybridized carbons (Fsp3) is 1.00. The summed E-state index contributed by atoms with van der Waals surface area (Å²) in [5.41, 5.74) is 0. The SMILES string of the molecule is [Si]CCC[Si]. The molecular weight excluding hydrogens is 92.2 g/mol. The summed E-state index contributed by atoms with van der Waals surface area (Å²) in [5.74, 6) is 0. The molecule has 0 unspecified atom stereocenters. The van der Waals surface area contributed by atoms with Gasteiger partial charge in [-0.15, -0.1) is 0 Å². The molecule has 0 atom stereocenters.